The molecule has 0 aliphatic heterocycles. The number of hydrogen-bond donors (Lipinski definition) is 2. The monoisotopic (exact) mass is 401 g/mol. The van der Waals surface area contributed by atoms with Gasteiger partial charge in [-0.15, -0.1) is 0 Å². The van der Waals surface area contributed by atoms with Crippen molar-refractivity contribution in [2.75, 3.05) is 18.4 Å². The van der Waals surface area contributed by atoms with Crippen molar-refractivity contribution in [3.8, 4) is 0 Å². The smallest absolute Gasteiger partial charge is 0.294 e. The lowest BCUT2D eigenvalue weighted by Gasteiger charge is -2.12. The first-order valence-electron chi connectivity index (χ1n) is 8.98. The Bertz CT molecular complexity index is 964. The number of aromatic nitrogens is 3. The van der Waals surface area contributed by atoms with Crippen molar-refractivity contribution in [2.24, 2.45) is 0 Å². The molecule has 0 radical (unpaired) electrons. The zero-order valence-electron chi connectivity index (χ0n) is 15.2. The number of hydrogen-bond acceptors (Lipinski definition) is 5. The molecule has 0 unspecified atom stereocenters. The predicted molar refractivity (Wildman–Crippen MR) is 108 cm³/mol. The molecule has 0 aliphatic carbocycles. The van der Waals surface area contributed by atoms with E-state index in [1.54, 1.807) is 12.3 Å². The maximum atomic E-state index is 13.2. The fourth-order valence-electron chi connectivity index (χ4n) is 2.72. The molecule has 0 fully saturated rings. The van der Waals surface area contributed by atoms with Crippen LogP contribution in [-0.2, 0) is 19.5 Å². The van der Waals surface area contributed by atoms with Crippen LogP contribution in [0, 0.1) is 5.82 Å². The second-order valence-corrected chi connectivity index (χ2v) is 6.58. The van der Waals surface area contributed by atoms with Crippen LogP contribution < -0.4 is 16.2 Å². The number of nitrogens with one attached hydrogen (secondary N) is 2. The van der Waals surface area contributed by atoms with E-state index in [4.69, 9.17) is 11.6 Å². The van der Waals surface area contributed by atoms with E-state index in [0.717, 1.165) is 11.3 Å². The lowest BCUT2D eigenvalue weighted by atomic mass is 10.2. The molecule has 0 saturated heterocycles. The third-order valence-corrected chi connectivity index (χ3v) is 4.44. The van der Waals surface area contributed by atoms with E-state index in [0.29, 0.717) is 32.6 Å². The molecule has 0 bridgehead atoms. The number of nitrogens with zero attached hydrogens (tertiary/aromatic N) is 3. The Morgan fingerprint density at radius 2 is 2.00 bits per heavy atom. The van der Waals surface area contributed by atoms with Crippen LogP contribution in [0.3, 0.4) is 0 Å². The number of halogens is 2. The Labute approximate surface area is 167 Å². The van der Waals surface area contributed by atoms with Gasteiger partial charge in [0.25, 0.3) is 5.56 Å². The van der Waals surface area contributed by atoms with Gasteiger partial charge in [0, 0.05) is 44.5 Å². The van der Waals surface area contributed by atoms with Gasteiger partial charge < -0.3 is 10.6 Å². The molecule has 0 amide bonds. The Hall–Kier alpha value is -2.77. The third kappa shape index (κ3) is 5.61. The minimum atomic E-state index is -0.277. The Balaban J connectivity index is 1.54. The van der Waals surface area contributed by atoms with Gasteiger partial charge in [-0.3, -0.25) is 14.3 Å². The highest BCUT2D eigenvalue weighted by Gasteiger charge is 2.09. The van der Waals surface area contributed by atoms with Gasteiger partial charge in [0.2, 0.25) is 0 Å². The van der Waals surface area contributed by atoms with Crippen LogP contribution in [0.15, 0.2) is 59.7 Å². The maximum absolute atomic E-state index is 13.2. The molecule has 2 aromatic heterocycles. The summed E-state index contributed by atoms with van der Waals surface area (Å²) >= 11 is 6.13. The fourth-order valence-corrected chi connectivity index (χ4v) is 2.93. The van der Waals surface area contributed by atoms with E-state index in [1.165, 1.54) is 22.9 Å². The van der Waals surface area contributed by atoms with E-state index >= 15 is 0 Å². The number of anilines is 1. The third-order valence-electron chi connectivity index (χ3n) is 4.14. The van der Waals surface area contributed by atoms with E-state index in [-0.39, 0.29) is 22.3 Å². The van der Waals surface area contributed by atoms with Crippen molar-refractivity contribution in [3.05, 3.63) is 87.4 Å². The summed E-state index contributed by atoms with van der Waals surface area (Å²) in [4.78, 5) is 20.9. The van der Waals surface area contributed by atoms with E-state index in [9.17, 15) is 9.18 Å². The van der Waals surface area contributed by atoms with Gasteiger partial charge in [0.05, 0.1) is 6.20 Å². The van der Waals surface area contributed by atoms with Crippen molar-refractivity contribution >= 4 is 17.4 Å². The van der Waals surface area contributed by atoms with Crippen LogP contribution >= 0.6 is 11.6 Å². The largest absolute Gasteiger partial charge is 0.365 e. The highest BCUT2D eigenvalue weighted by molar-refractivity contribution is 6.29. The fraction of sp³-hybridized carbons (Fsp3) is 0.250. The summed E-state index contributed by atoms with van der Waals surface area (Å²) < 4.78 is 14.6. The van der Waals surface area contributed by atoms with Gasteiger partial charge in [0.15, 0.2) is 5.82 Å². The first-order chi connectivity index (χ1) is 13.6. The molecule has 0 atom stereocenters. The molecule has 0 saturated carbocycles. The molecule has 2 N–H and O–H groups in total. The molecule has 1 aromatic carbocycles. The summed E-state index contributed by atoms with van der Waals surface area (Å²) in [5, 5.41) is 6.50. The van der Waals surface area contributed by atoms with Gasteiger partial charge in [-0.1, -0.05) is 29.8 Å². The van der Waals surface area contributed by atoms with Crippen LogP contribution in [-0.4, -0.2) is 27.6 Å². The molecule has 3 rings (SSSR count). The average molecular weight is 402 g/mol. The molecule has 0 spiro atoms. The van der Waals surface area contributed by atoms with Crippen molar-refractivity contribution in [1.82, 2.24) is 19.9 Å². The second kappa shape index (κ2) is 9.96. The summed E-state index contributed by atoms with van der Waals surface area (Å²) in [6, 6.07) is 12.1. The van der Waals surface area contributed by atoms with Gasteiger partial charge in [-0.05, 0) is 29.8 Å². The first kappa shape index (κ1) is 20.0. The summed E-state index contributed by atoms with van der Waals surface area (Å²) in [6.07, 6.45) is 3.87. The molecule has 28 heavy (non-hydrogen) atoms. The van der Waals surface area contributed by atoms with Gasteiger partial charge in [0.1, 0.15) is 11.0 Å². The molecule has 146 valence electrons. The van der Waals surface area contributed by atoms with Gasteiger partial charge in [-0.25, -0.2) is 9.37 Å². The van der Waals surface area contributed by atoms with Crippen molar-refractivity contribution in [3.63, 3.8) is 0 Å². The molecular formula is C20H21ClFN5O. The number of rotatable bonds is 9. The van der Waals surface area contributed by atoms with Crippen LogP contribution in [0.25, 0.3) is 0 Å². The normalized spacial score (nSPS) is 10.8. The van der Waals surface area contributed by atoms with Crippen LogP contribution in [0.1, 0.15) is 11.3 Å². The maximum Gasteiger partial charge on any atom is 0.294 e. The highest BCUT2D eigenvalue weighted by atomic mass is 35.5. The molecule has 3 aromatic rings. The topological polar surface area (TPSA) is 71.8 Å². The van der Waals surface area contributed by atoms with Crippen molar-refractivity contribution in [2.45, 2.75) is 19.5 Å². The Morgan fingerprint density at radius 3 is 2.79 bits per heavy atom. The van der Waals surface area contributed by atoms with Crippen LogP contribution in [0.2, 0.25) is 5.15 Å². The van der Waals surface area contributed by atoms with E-state index < -0.39 is 0 Å². The zero-order chi connectivity index (χ0) is 19.8. The summed E-state index contributed by atoms with van der Waals surface area (Å²) in [6.45, 7) is 1.93. The Kier molecular flexibility index (Phi) is 7.11. The minimum absolute atomic E-state index is 0.255. The minimum Gasteiger partial charge on any atom is -0.365 e. The van der Waals surface area contributed by atoms with Crippen molar-refractivity contribution < 1.29 is 4.39 Å². The summed E-state index contributed by atoms with van der Waals surface area (Å²) in [5.74, 6) is -0.0143. The summed E-state index contributed by atoms with van der Waals surface area (Å²) in [5.41, 5.74) is 1.50. The zero-order valence-corrected chi connectivity index (χ0v) is 16.0. The second-order valence-electron chi connectivity index (χ2n) is 6.19. The summed E-state index contributed by atoms with van der Waals surface area (Å²) in [7, 11) is 0. The standard InChI is InChI=1S/C20H21ClFN5O/c21-18-14-26-19(25-9-7-17-6-1-2-8-24-17)20(28)27(18)11-10-23-13-15-4-3-5-16(22)12-15/h1-6,8,12,14,23H,7,9-11,13H2,(H,25,26). The van der Waals surface area contributed by atoms with E-state index in [2.05, 4.69) is 20.6 Å². The number of pyridine rings is 1. The molecule has 2 heterocycles. The Morgan fingerprint density at radius 1 is 1.11 bits per heavy atom. The molecular weight excluding hydrogens is 381 g/mol. The van der Waals surface area contributed by atoms with Gasteiger partial charge in [-0.2, -0.15) is 0 Å². The highest BCUT2D eigenvalue weighted by Crippen LogP contribution is 2.07. The predicted octanol–water partition coefficient (Wildman–Crippen LogP) is 2.88. The first-order valence-corrected chi connectivity index (χ1v) is 9.35. The lowest BCUT2D eigenvalue weighted by molar-refractivity contribution is 0.579. The molecule has 0 aliphatic rings. The van der Waals surface area contributed by atoms with E-state index in [1.807, 2.05) is 24.3 Å². The molecule has 8 heteroatoms. The average Bonchev–Trinajstić information content (AvgIpc) is 2.70. The van der Waals surface area contributed by atoms with Crippen LogP contribution in [0.5, 0.6) is 0 Å². The quantitative estimate of drug-likeness (QED) is 0.539. The van der Waals surface area contributed by atoms with Crippen LogP contribution in [0.4, 0.5) is 10.2 Å². The number of benzene rings is 1. The molecule has 6 nitrogen and oxygen atoms in total. The lowest BCUT2D eigenvalue weighted by Crippen LogP contribution is -2.30. The SMILES string of the molecule is O=c1c(NCCc2ccccn2)ncc(Cl)n1CCNCc1cccc(F)c1. The van der Waals surface area contributed by atoms with Crippen molar-refractivity contribution in [1.29, 1.82) is 0 Å². The van der Waals surface area contributed by atoms with Gasteiger partial charge >= 0.3 is 0 Å².